The van der Waals surface area contributed by atoms with Crippen molar-refractivity contribution in [2.45, 2.75) is 40.2 Å². The molecule has 3 heteroatoms. The lowest BCUT2D eigenvalue weighted by Crippen LogP contribution is -2.47. The van der Waals surface area contributed by atoms with E-state index in [2.05, 4.69) is 20.8 Å². The molecule has 1 unspecified atom stereocenters. The van der Waals surface area contributed by atoms with Crippen LogP contribution in [0.15, 0.2) is 0 Å². The SMILES string of the molecule is CCN1CC(CC(C)(C)C)OCC1=O. The maximum Gasteiger partial charge on any atom is 0.248 e. The van der Waals surface area contributed by atoms with E-state index in [9.17, 15) is 4.79 Å². The summed E-state index contributed by atoms with van der Waals surface area (Å²) in [4.78, 5) is 13.2. The Morgan fingerprint density at radius 1 is 1.50 bits per heavy atom. The minimum absolute atomic E-state index is 0.123. The molecule has 1 amide bonds. The van der Waals surface area contributed by atoms with Gasteiger partial charge >= 0.3 is 0 Å². The largest absolute Gasteiger partial charge is 0.367 e. The highest BCUT2D eigenvalue weighted by atomic mass is 16.5. The summed E-state index contributed by atoms with van der Waals surface area (Å²) in [5.41, 5.74) is 0.268. The second kappa shape index (κ2) is 4.30. The zero-order valence-corrected chi connectivity index (χ0v) is 9.67. The minimum atomic E-state index is 0.123. The Hall–Kier alpha value is -0.570. The number of carbonyl (C=O) groups is 1. The van der Waals surface area contributed by atoms with E-state index in [0.717, 1.165) is 19.5 Å². The summed E-state index contributed by atoms with van der Waals surface area (Å²) < 4.78 is 5.51. The van der Waals surface area contributed by atoms with Crippen LogP contribution in [0.3, 0.4) is 0 Å². The van der Waals surface area contributed by atoms with Crippen molar-refractivity contribution in [3.63, 3.8) is 0 Å². The number of amides is 1. The van der Waals surface area contributed by atoms with Gasteiger partial charge in [0.05, 0.1) is 6.10 Å². The molecular formula is C11H21NO2. The molecule has 0 saturated carbocycles. The Kier molecular flexibility index (Phi) is 3.53. The second-order valence-corrected chi connectivity index (χ2v) is 5.13. The predicted octanol–water partition coefficient (Wildman–Crippen LogP) is 1.67. The van der Waals surface area contributed by atoms with Crippen LogP contribution in [0.1, 0.15) is 34.1 Å². The molecule has 1 saturated heterocycles. The highest BCUT2D eigenvalue weighted by Crippen LogP contribution is 2.24. The maximum atomic E-state index is 11.3. The third kappa shape index (κ3) is 3.29. The third-order valence-corrected chi connectivity index (χ3v) is 2.44. The Morgan fingerprint density at radius 3 is 2.64 bits per heavy atom. The molecule has 0 aromatic carbocycles. The highest BCUT2D eigenvalue weighted by Gasteiger charge is 2.28. The molecule has 1 atom stereocenters. The predicted molar refractivity (Wildman–Crippen MR) is 56.1 cm³/mol. The molecule has 1 aliphatic rings. The summed E-state index contributed by atoms with van der Waals surface area (Å²) in [5, 5.41) is 0. The number of ether oxygens (including phenoxy) is 1. The standard InChI is InChI=1S/C11H21NO2/c1-5-12-7-9(6-11(2,3)4)14-8-10(12)13/h9H,5-8H2,1-4H3. The Morgan fingerprint density at radius 2 is 2.14 bits per heavy atom. The molecule has 1 rings (SSSR count). The molecule has 0 N–H and O–H groups in total. The summed E-state index contributed by atoms with van der Waals surface area (Å²) in [6, 6.07) is 0. The first-order chi connectivity index (χ1) is 6.42. The van der Waals surface area contributed by atoms with Crippen LogP contribution in [0.4, 0.5) is 0 Å². The van der Waals surface area contributed by atoms with Crippen LogP contribution in [0.5, 0.6) is 0 Å². The topological polar surface area (TPSA) is 29.5 Å². The minimum Gasteiger partial charge on any atom is -0.367 e. The lowest BCUT2D eigenvalue weighted by molar-refractivity contribution is -0.150. The van der Waals surface area contributed by atoms with E-state index in [0.29, 0.717) is 0 Å². The molecule has 1 heterocycles. The first-order valence-electron chi connectivity index (χ1n) is 5.32. The monoisotopic (exact) mass is 199 g/mol. The zero-order chi connectivity index (χ0) is 10.8. The van der Waals surface area contributed by atoms with Gasteiger partial charge < -0.3 is 9.64 Å². The van der Waals surface area contributed by atoms with Gasteiger partial charge in [-0.15, -0.1) is 0 Å². The van der Waals surface area contributed by atoms with Crippen LogP contribution in [0.2, 0.25) is 0 Å². The molecule has 0 radical (unpaired) electrons. The zero-order valence-electron chi connectivity index (χ0n) is 9.67. The molecule has 0 spiro atoms. The highest BCUT2D eigenvalue weighted by molar-refractivity contribution is 5.78. The van der Waals surface area contributed by atoms with Crippen molar-refractivity contribution in [3.8, 4) is 0 Å². The van der Waals surface area contributed by atoms with E-state index in [1.807, 2.05) is 11.8 Å². The summed E-state index contributed by atoms with van der Waals surface area (Å²) >= 11 is 0. The molecule has 0 bridgehead atoms. The van der Waals surface area contributed by atoms with Crippen LogP contribution in [0.25, 0.3) is 0 Å². The fourth-order valence-electron chi connectivity index (χ4n) is 1.79. The average Bonchev–Trinajstić information content (AvgIpc) is 2.06. The normalized spacial score (nSPS) is 24.1. The lowest BCUT2D eigenvalue weighted by atomic mass is 9.88. The number of hydrogen-bond acceptors (Lipinski definition) is 2. The molecule has 1 fully saturated rings. The molecule has 82 valence electrons. The van der Waals surface area contributed by atoms with Crippen molar-refractivity contribution in [1.29, 1.82) is 0 Å². The second-order valence-electron chi connectivity index (χ2n) is 5.13. The number of carbonyl (C=O) groups excluding carboxylic acids is 1. The Labute approximate surface area is 86.4 Å². The van der Waals surface area contributed by atoms with Crippen molar-refractivity contribution in [3.05, 3.63) is 0 Å². The molecule has 0 aromatic heterocycles. The van der Waals surface area contributed by atoms with Crippen LogP contribution >= 0.6 is 0 Å². The number of rotatable bonds is 2. The number of morpholine rings is 1. The van der Waals surface area contributed by atoms with Crippen LogP contribution in [-0.4, -0.2) is 36.6 Å². The van der Waals surface area contributed by atoms with E-state index in [4.69, 9.17) is 4.74 Å². The van der Waals surface area contributed by atoms with Gasteiger partial charge in [-0.25, -0.2) is 0 Å². The van der Waals surface area contributed by atoms with Crippen molar-refractivity contribution < 1.29 is 9.53 Å². The summed E-state index contributed by atoms with van der Waals surface area (Å²) in [7, 11) is 0. The third-order valence-electron chi connectivity index (χ3n) is 2.44. The summed E-state index contributed by atoms with van der Waals surface area (Å²) in [6.07, 6.45) is 1.23. The lowest BCUT2D eigenvalue weighted by Gasteiger charge is -2.35. The van der Waals surface area contributed by atoms with E-state index < -0.39 is 0 Å². The summed E-state index contributed by atoms with van der Waals surface area (Å²) in [6.45, 7) is 10.4. The van der Waals surface area contributed by atoms with Gasteiger partial charge in [0.15, 0.2) is 0 Å². The van der Waals surface area contributed by atoms with Gasteiger partial charge in [-0.2, -0.15) is 0 Å². The molecule has 0 aliphatic carbocycles. The Balaban J connectivity index is 2.47. The summed E-state index contributed by atoms with van der Waals surface area (Å²) in [5.74, 6) is 0.123. The number of nitrogens with zero attached hydrogens (tertiary/aromatic N) is 1. The first-order valence-corrected chi connectivity index (χ1v) is 5.32. The van der Waals surface area contributed by atoms with Crippen molar-refractivity contribution in [1.82, 2.24) is 4.90 Å². The fraction of sp³-hybridized carbons (Fsp3) is 0.909. The first kappa shape index (κ1) is 11.5. The molecular weight excluding hydrogens is 178 g/mol. The van der Waals surface area contributed by atoms with Gasteiger partial charge in [0.1, 0.15) is 6.61 Å². The smallest absolute Gasteiger partial charge is 0.248 e. The van der Waals surface area contributed by atoms with Gasteiger partial charge in [0, 0.05) is 13.1 Å². The van der Waals surface area contributed by atoms with E-state index >= 15 is 0 Å². The Bertz CT molecular complexity index is 208. The van der Waals surface area contributed by atoms with Gasteiger partial charge in [-0.1, -0.05) is 20.8 Å². The maximum absolute atomic E-state index is 11.3. The van der Waals surface area contributed by atoms with Gasteiger partial charge in [-0.3, -0.25) is 4.79 Å². The van der Waals surface area contributed by atoms with Crippen LogP contribution < -0.4 is 0 Å². The molecule has 3 nitrogen and oxygen atoms in total. The van der Waals surface area contributed by atoms with E-state index in [-0.39, 0.29) is 24.0 Å². The molecule has 1 aliphatic heterocycles. The fourth-order valence-corrected chi connectivity index (χ4v) is 1.79. The quantitative estimate of drug-likeness (QED) is 0.677. The molecule has 0 aromatic rings. The van der Waals surface area contributed by atoms with Crippen molar-refractivity contribution >= 4 is 5.91 Å². The van der Waals surface area contributed by atoms with Gasteiger partial charge in [0.2, 0.25) is 5.91 Å². The van der Waals surface area contributed by atoms with Gasteiger partial charge in [-0.05, 0) is 18.8 Å². The van der Waals surface area contributed by atoms with E-state index in [1.165, 1.54) is 0 Å². The number of hydrogen-bond donors (Lipinski definition) is 0. The molecule has 14 heavy (non-hydrogen) atoms. The van der Waals surface area contributed by atoms with Crippen LogP contribution in [-0.2, 0) is 9.53 Å². The van der Waals surface area contributed by atoms with E-state index in [1.54, 1.807) is 0 Å². The van der Waals surface area contributed by atoms with Crippen molar-refractivity contribution in [2.24, 2.45) is 5.41 Å². The van der Waals surface area contributed by atoms with Crippen molar-refractivity contribution in [2.75, 3.05) is 19.7 Å². The number of likely N-dealkylation sites (N-methyl/N-ethyl adjacent to an activating group) is 1. The van der Waals surface area contributed by atoms with Gasteiger partial charge in [0.25, 0.3) is 0 Å². The van der Waals surface area contributed by atoms with Crippen LogP contribution in [0, 0.1) is 5.41 Å². The average molecular weight is 199 g/mol.